The molecule has 0 aromatic carbocycles. The smallest absolute Gasteiger partial charge is 0.297 e. The fraction of sp³-hybridized carbons (Fsp3) is 0.222. The van der Waals surface area contributed by atoms with Crippen LogP contribution in [0, 0.1) is 0 Å². The SMILES string of the molecule is O=c1ncccn1CCn1cccn1. The average Bonchev–Trinajstić information content (AvgIpc) is 2.69. The fourth-order valence-electron chi connectivity index (χ4n) is 1.20. The molecule has 0 N–H and O–H groups in total. The van der Waals surface area contributed by atoms with E-state index in [0.717, 1.165) is 0 Å². The second-order valence-corrected chi connectivity index (χ2v) is 2.86. The highest BCUT2D eigenvalue weighted by Gasteiger charge is 1.95. The van der Waals surface area contributed by atoms with E-state index in [0.29, 0.717) is 13.1 Å². The molecule has 0 aliphatic rings. The first kappa shape index (κ1) is 8.68. The van der Waals surface area contributed by atoms with Gasteiger partial charge in [-0.25, -0.2) is 9.78 Å². The van der Waals surface area contributed by atoms with E-state index in [1.807, 2.05) is 12.3 Å². The molecule has 2 aromatic rings. The number of hydrogen-bond acceptors (Lipinski definition) is 3. The Hall–Kier alpha value is -1.91. The molecular weight excluding hydrogens is 180 g/mol. The molecule has 0 fully saturated rings. The molecule has 0 aliphatic heterocycles. The normalized spacial score (nSPS) is 10.3. The first-order valence-corrected chi connectivity index (χ1v) is 4.35. The average molecular weight is 190 g/mol. The highest BCUT2D eigenvalue weighted by molar-refractivity contribution is 4.81. The molecule has 72 valence electrons. The Kier molecular flexibility index (Phi) is 2.40. The highest BCUT2D eigenvalue weighted by atomic mass is 16.1. The molecule has 0 radical (unpaired) electrons. The van der Waals surface area contributed by atoms with Gasteiger partial charge >= 0.3 is 5.69 Å². The summed E-state index contributed by atoms with van der Waals surface area (Å²) in [6, 6.07) is 3.59. The van der Waals surface area contributed by atoms with Crippen LogP contribution >= 0.6 is 0 Å². The minimum absolute atomic E-state index is 0.223. The van der Waals surface area contributed by atoms with E-state index in [9.17, 15) is 4.79 Å². The number of rotatable bonds is 3. The fourth-order valence-corrected chi connectivity index (χ4v) is 1.20. The molecule has 0 saturated heterocycles. The van der Waals surface area contributed by atoms with E-state index in [2.05, 4.69) is 10.1 Å². The molecule has 0 unspecified atom stereocenters. The maximum atomic E-state index is 11.2. The monoisotopic (exact) mass is 190 g/mol. The van der Waals surface area contributed by atoms with E-state index in [4.69, 9.17) is 0 Å². The molecule has 0 bridgehead atoms. The van der Waals surface area contributed by atoms with Crippen LogP contribution in [0.15, 0.2) is 41.7 Å². The topological polar surface area (TPSA) is 52.7 Å². The van der Waals surface area contributed by atoms with Crippen LogP contribution in [0.4, 0.5) is 0 Å². The van der Waals surface area contributed by atoms with Gasteiger partial charge in [-0.2, -0.15) is 5.10 Å². The Morgan fingerprint density at radius 3 is 2.71 bits per heavy atom. The van der Waals surface area contributed by atoms with Gasteiger partial charge in [-0.3, -0.25) is 9.25 Å². The van der Waals surface area contributed by atoms with Crippen LogP contribution in [0.5, 0.6) is 0 Å². The van der Waals surface area contributed by atoms with Gasteiger partial charge in [0.25, 0.3) is 0 Å². The Morgan fingerprint density at radius 1 is 1.14 bits per heavy atom. The Labute approximate surface area is 80.6 Å². The number of aromatic nitrogens is 4. The summed E-state index contributed by atoms with van der Waals surface area (Å²) < 4.78 is 3.33. The predicted molar refractivity (Wildman–Crippen MR) is 50.7 cm³/mol. The summed E-state index contributed by atoms with van der Waals surface area (Å²) in [5, 5.41) is 4.04. The van der Waals surface area contributed by atoms with Gasteiger partial charge in [0.1, 0.15) is 0 Å². The summed E-state index contributed by atoms with van der Waals surface area (Å²) >= 11 is 0. The van der Waals surface area contributed by atoms with Gasteiger partial charge in [0, 0.05) is 31.3 Å². The van der Waals surface area contributed by atoms with Crippen LogP contribution in [-0.4, -0.2) is 19.3 Å². The number of nitrogens with zero attached hydrogens (tertiary/aromatic N) is 4. The van der Waals surface area contributed by atoms with Crippen LogP contribution in [0.2, 0.25) is 0 Å². The Morgan fingerprint density at radius 2 is 2.00 bits per heavy atom. The molecule has 0 saturated carbocycles. The van der Waals surface area contributed by atoms with Crippen molar-refractivity contribution in [3.05, 3.63) is 47.4 Å². The van der Waals surface area contributed by atoms with Gasteiger partial charge in [-0.15, -0.1) is 0 Å². The van der Waals surface area contributed by atoms with Gasteiger partial charge in [0.15, 0.2) is 0 Å². The van der Waals surface area contributed by atoms with Crippen molar-refractivity contribution in [1.29, 1.82) is 0 Å². The molecule has 0 spiro atoms. The van der Waals surface area contributed by atoms with Crippen molar-refractivity contribution in [3.8, 4) is 0 Å². The van der Waals surface area contributed by atoms with Gasteiger partial charge in [0.2, 0.25) is 0 Å². The molecule has 14 heavy (non-hydrogen) atoms. The van der Waals surface area contributed by atoms with Crippen LogP contribution < -0.4 is 5.69 Å². The van der Waals surface area contributed by atoms with E-state index in [1.54, 1.807) is 27.7 Å². The zero-order valence-electron chi connectivity index (χ0n) is 7.58. The largest absolute Gasteiger partial charge is 0.347 e. The summed E-state index contributed by atoms with van der Waals surface area (Å²) in [6.07, 6.45) is 6.79. The van der Waals surface area contributed by atoms with E-state index < -0.39 is 0 Å². The van der Waals surface area contributed by atoms with Crippen molar-refractivity contribution in [1.82, 2.24) is 19.3 Å². The van der Waals surface area contributed by atoms with Crippen molar-refractivity contribution < 1.29 is 0 Å². The molecule has 5 nitrogen and oxygen atoms in total. The quantitative estimate of drug-likeness (QED) is 0.691. The third-order valence-electron chi connectivity index (χ3n) is 1.91. The summed E-state index contributed by atoms with van der Waals surface area (Å²) in [7, 11) is 0. The maximum Gasteiger partial charge on any atom is 0.347 e. The Bertz CT molecular complexity index is 446. The van der Waals surface area contributed by atoms with E-state index >= 15 is 0 Å². The maximum absolute atomic E-state index is 11.2. The molecule has 2 aromatic heterocycles. The van der Waals surface area contributed by atoms with Crippen LogP contribution in [-0.2, 0) is 13.1 Å². The lowest BCUT2D eigenvalue weighted by Crippen LogP contribution is -2.23. The third kappa shape index (κ3) is 1.87. The minimum Gasteiger partial charge on any atom is -0.297 e. The molecule has 2 heterocycles. The van der Waals surface area contributed by atoms with Crippen LogP contribution in [0.25, 0.3) is 0 Å². The standard InChI is InChI=1S/C9H10N4O/c14-9-10-3-1-5-12(9)7-8-13-6-2-4-11-13/h1-6H,7-8H2. The molecule has 5 heteroatoms. The van der Waals surface area contributed by atoms with E-state index in [1.165, 1.54) is 6.20 Å². The molecular formula is C9H10N4O. The van der Waals surface area contributed by atoms with Crippen molar-refractivity contribution in [2.24, 2.45) is 0 Å². The summed E-state index contributed by atoms with van der Waals surface area (Å²) in [6.45, 7) is 1.27. The molecule has 0 aliphatic carbocycles. The van der Waals surface area contributed by atoms with Crippen molar-refractivity contribution >= 4 is 0 Å². The molecule has 0 atom stereocenters. The van der Waals surface area contributed by atoms with Gasteiger partial charge in [0.05, 0.1) is 6.54 Å². The summed E-state index contributed by atoms with van der Waals surface area (Å²) in [5.74, 6) is 0. The van der Waals surface area contributed by atoms with E-state index in [-0.39, 0.29) is 5.69 Å². The first-order valence-electron chi connectivity index (χ1n) is 4.35. The second kappa shape index (κ2) is 3.87. The van der Waals surface area contributed by atoms with Crippen LogP contribution in [0.3, 0.4) is 0 Å². The Balaban J connectivity index is 2.06. The number of hydrogen-bond donors (Lipinski definition) is 0. The second-order valence-electron chi connectivity index (χ2n) is 2.86. The predicted octanol–water partition coefficient (Wildman–Crippen LogP) is 0.140. The molecule has 0 amide bonds. The zero-order valence-corrected chi connectivity index (χ0v) is 7.58. The molecule has 2 rings (SSSR count). The van der Waals surface area contributed by atoms with Crippen LogP contribution in [0.1, 0.15) is 0 Å². The highest BCUT2D eigenvalue weighted by Crippen LogP contribution is 1.87. The third-order valence-corrected chi connectivity index (χ3v) is 1.91. The van der Waals surface area contributed by atoms with Crippen molar-refractivity contribution in [3.63, 3.8) is 0 Å². The first-order chi connectivity index (χ1) is 6.86. The summed E-state index contributed by atoms with van der Waals surface area (Å²) in [4.78, 5) is 14.9. The van der Waals surface area contributed by atoms with Crippen molar-refractivity contribution in [2.75, 3.05) is 0 Å². The van der Waals surface area contributed by atoms with Gasteiger partial charge < -0.3 is 0 Å². The lowest BCUT2D eigenvalue weighted by atomic mass is 10.5. The van der Waals surface area contributed by atoms with Gasteiger partial charge in [-0.05, 0) is 12.1 Å². The lowest BCUT2D eigenvalue weighted by Gasteiger charge is -2.03. The zero-order chi connectivity index (χ0) is 9.80. The summed E-state index contributed by atoms with van der Waals surface area (Å²) in [5.41, 5.74) is -0.223. The van der Waals surface area contributed by atoms with Gasteiger partial charge in [-0.1, -0.05) is 0 Å². The number of aryl methyl sites for hydroxylation is 2. The van der Waals surface area contributed by atoms with Crippen molar-refractivity contribution in [2.45, 2.75) is 13.1 Å². The minimum atomic E-state index is -0.223. The lowest BCUT2D eigenvalue weighted by molar-refractivity contribution is 0.517.